The zero-order chi connectivity index (χ0) is 11.3. The Morgan fingerprint density at radius 3 is 2.93 bits per heavy atom. The van der Waals surface area contributed by atoms with Crippen molar-refractivity contribution in [3.05, 3.63) is 0 Å². The molecule has 0 aromatic heterocycles. The number of hydrogen-bond donors (Lipinski definition) is 1. The number of carbonyl (C=O) groups is 1. The maximum Gasteiger partial charge on any atom is 0.409 e. The Hall–Kier alpha value is -1.28. The van der Waals surface area contributed by atoms with Crippen molar-refractivity contribution in [3.63, 3.8) is 0 Å². The second kappa shape index (κ2) is 5.56. The highest BCUT2D eigenvalue weighted by Crippen LogP contribution is 2.16. The van der Waals surface area contributed by atoms with E-state index in [1.807, 2.05) is 13.0 Å². The van der Waals surface area contributed by atoms with Crippen LogP contribution < -0.4 is 0 Å². The standard InChI is InChI=1S/C10H16N2O3/c1-2-3-4-15-10(14)12-6-8(5-11)9(13)7-12/h8-9,13H,2-4,6-7H2,1H3. The molecule has 1 aliphatic heterocycles. The van der Waals surface area contributed by atoms with E-state index < -0.39 is 18.1 Å². The summed E-state index contributed by atoms with van der Waals surface area (Å²) in [6.07, 6.45) is 0.634. The number of amides is 1. The lowest BCUT2D eigenvalue weighted by atomic mass is 10.1. The fourth-order valence-corrected chi connectivity index (χ4v) is 1.46. The zero-order valence-corrected chi connectivity index (χ0v) is 8.85. The molecule has 1 aliphatic rings. The van der Waals surface area contributed by atoms with Crippen LogP contribution in [0.15, 0.2) is 0 Å². The van der Waals surface area contributed by atoms with Gasteiger partial charge in [0.2, 0.25) is 0 Å². The molecule has 84 valence electrons. The van der Waals surface area contributed by atoms with Crippen molar-refractivity contribution in [2.45, 2.75) is 25.9 Å². The Bertz CT molecular complexity index is 262. The molecule has 15 heavy (non-hydrogen) atoms. The maximum atomic E-state index is 11.4. The fraction of sp³-hybridized carbons (Fsp3) is 0.800. The van der Waals surface area contributed by atoms with Crippen LogP contribution in [0.4, 0.5) is 4.79 Å². The smallest absolute Gasteiger partial charge is 0.409 e. The molecule has 5 nitrogen and oxygen atoms in total. The van der Waals surface area contributed by atoms with Crippen molar-refractivity contribution in [2.24, 2.45) is 5.92 Å². The van der Waals surface area contributed by atoms with Crippen LogP contribution in [0, 0.1) is 17.2 Å². The minimum atomic E-state index is -0.742. The lowest BCUT2D eigenvalue weighted by Gasteiger charge is -2.14. The molecule has 0 aromatic carbocycles. The molecule has 0 saturated carbocycles. The Morgan fingerprint density at radius 2 is 2.40 bits per heavy atom. The molecular weight excluding hydrogens is 196 g/mol. The number of rotatable bonds is 3. The van der Waals surface area contributed by atoms with Crippen molar-refractivity contribution in [1.82, 2.24) is 4.90 Å². The first-order valence-corrected chi connectivity index (χ1v) is 5.18. The minimum absolute atomic E-state index is 0.198. The predicted octanol–water partition coefficient (Wildman–Crippen LogP) is 0.739. The van der Waals surface area contributed by atoms with Crippen molar-refractivity contribution in [2.75, 3.05) is 19.7 Å². The highest BCUT2D eigenvalue weighted by Gasteiger charge is 2.34. The van der Waals surface area contributed by atoms with Crippen LogP contribution in [0.2, 0.25) is 0 Å². The van der Waals surface area contributed by atoms with E-state index in [9.17, 15) is 9.90 Å². The van der Waals surface area contributed by atoms with E-state index in [1.165, 1.54) is 4.90 Å². The lowest BCUT2D eigenvalue weighted by molar-refractivity contribution is 0.101. The number of likely N-dealkylation sites (tertiary alicyclic amines) is 1. The summed E-state index contributed by atoms with van der Waals surface area (Å²) in [4.78, 5) is 12.8. The van der Waals surface area contributed by atoms with Crippen LogP contribution in [-0.4, -0.2) is 41.9 Å². The van der Waals surface area contributed by atoms with Gasteiger partial charge >= 0.3 is 6.09 Å². The van der Waals surface area contributed by atoms with E-state index in [1.54, 1.807) is 0 Å². The van der Waals surface area contributed by atoms with Crippen molar-refractivity contribution in [3.8, 4) is 6.07 Å². The largest absolute Gasteiger partial charge is 0.449 e. The summed E-state index contributed by atoms with van der Waals surface area (Å²) in [6, 6.07) is 1.97. The normalized spacial score (nSPS) is 25.0. The van der Waals surface area contributed by atoms with Gasteiger partial charge in [-0.2, -0.15) is 5.26 Å². The Kier molecular flexibility index (Phi) is 4.37. The predicted molar refractivity (Wildman–Crippen MR) is 52.9 cm³/mol. The van der Waals surface area contributed by atoms with Gasteiger partial charge in [0.05, 0.1) is 31.2 Å². The van der Waals surface area contributed by atoms with E-state index in [2.05, 4.69) is 0 Å². The minimum Gasteiger partial charge on any atom is -0.449 e. The van der Waals surface area contributed by atoms with E-state index in [-0.39, 0.29) is 13.1 Å². The van der Waals surface area contributed by atoms with Crippen LogP contribution in [0.25, 0.3) is 0 Å². The second-order valence-electron chi connectivity index (χ2n) is 3.68. The topological polar surface area (TPSA) is 73.6 Å². The van der Waals surface area contributed by atoms with Gasteiger partial charge in [-0.05, 0) is 6.42 Å². The van der Waals surface area contributed by atoms with Crippen LogP contribution in [0.3, 0.4) is 0 Å². The van der Waals surface area contributed by atoms with Crippen LogP contribution >= 0.6 is 0 Å². The summed E-state index contributed by atoms with van der Waals surface area (Å²) in [5, 5.41) is 18.1. The summed E-state index contributed by atoms with van der Waals surface area (Å²) in [6.45, 7) is 2.88. The monoisotopic (exact) mass is 212 g/mol. The maximum absolute atomic E-state index is 11.4. The van der Waals surface area contributed by atoms with Gasteiger partial charge in [-0.3, -0.25) is 0 Å². The van der Waals surface area contributed by atoms with Gasteiger partial charge < -0.3 is 14.7 Å². The molecule has 2 unspecified atom stereocenters. The van der Waals surface area contributed by atoms with Gasteiger partial charge in [0.15, 0.2) is 0 Å². The van der Waals surface area contributed by atoms with Gasteiger partial charge in [0.1, 0.15) is 0 Å². The van der Waals surface area contributed by atoms with Gasteiger partial charge in [0, 0.05) is 6.54 Å². The molecule has 5 heteroatoms. The zero-order valence-electron chi connectivity index (χ0n) is 8.85. The number of β-amino-alcohol motifs (C(OH)–C–C–N with tert-alkyl or cyclic N) is 1. The van der Waals surface area contributed by atoms with Crippen molar-refractivity contribution < 1.29 is 14.6 Å². The highest BCUT2D eigenvalue weighted by molar-refractivity contribution is 5.68. The van der Waals surface area contributed by atoms with Gasteiger partial charge in [-0.15, -0.1) is 0 Å². The molecular formula is C10H16N2O3. The second-order valence-corrected chi connectivity index (χ2v) is 3.68. The van der Waals surface area contributed by atoms with Crippen molar-refractivity contribution in [1.29, 1.82) is 5.26 Å². The summed E-state index contributed by atoms with van der Waals surface area (Å²) in [5.74, 6) is -0.483. The number of hydrogen-bond acceptors (Lipinski definition) is 4. The number of ether oxygens (including phenoxy) is 1. The molecule has 0 spiro atoms. The van der Waals surface area contributed by atoms with E-state index in [0.717, 1.165) is 12.8 Å². The molecule has 1 heterocycles. The van der Waals surface area contributed by atoms with E-state index >= 15 is 0 Å². The quantitative estimate of drug-likeness (QED) is 0.700. The highest BCUT2D eigenvalue weighted by atomic mass is 16.6. The lowest BCUT2D eigenvalue weighted by Crippen LogP contribution is -2.30. The van der Waals surface area contributed by atoms with Crippen LogP contribution in [0.5, 0.6) is 0 Å². The van der Waals surface area contributed by atoms with Gasteiger partial charge in [-0.1, -0.05) is 13.3 Å². The summed E-state index contributed by atoms with van der Waals surface area (Å²) in [5.41, 5.74) is 0. The fourth-order valence-electron chi connectivity index (χ4n) is 1.46. The van der Waals surface area contributed by atoms with Crippen LogP contribution in [-0.2, 0) is 4.74 Å². The summed E-state index contributed by atoms with van der Waals surface area (Å²) < 4.78 is 4.97. The Labute approximate surface area is 89.2 Å². The number of nitrogens with zero attached hydrogens (tertiary/aromatic N) is 2. The summed E-state index contributed by atoms with van der Waals surface area (Å²) >= 11 is 0. The van der Waals surface area contributed by atoms with E-state index in [0.29, 0.717) is 6.61 Å². The first-order chi connectivity index (χ1) is 7.19. The van der Waals surface area contributed by atoms with Gasteiger partial charge in [0.25, 0.3) is 0 Å². The molecule has 1 saturated heterocycles. The number of carbonyl (C=O) groups excluding carboxylic acids is 1. The molecule has 2 atom stereocenters. The summed E-state index contributed by atoms with van der Waals surface area (Å²) in [7, 11) is 0. The third-order valence-corrected chi connectivity index (χ3v) is 2.44. The molecule has 0 radical (unpaired) electrons. The average molecular weight is 212 g/mol. The molecule has 1 N–H and O–H groups in total. The number of unbranched alkanes of at least 4 members (excludes halogenated alkanes) is 1. The molecule has 0 aliphatic carbocycles. The number of nitriles is 1. The van der Waals surface area contributed by atoms with E-state index in [4.69, 9.17) is 10.00 Å². The Balaban J connectivity index is 2.33. The van der Waals surface area contributed by atoms with Gasteiger partial charge in [-0.25, -0.2) is 4.79 Å². The first-order valence-electron chi connectivity index (χ1n) is 5.18. The van der Waals surface area contributed by atoms with Crippen molar-refractivity contribution >= 4 is 6.09 Å². The van der Waals surface area contributed by atoms with Crippen LogP contribution in [0.1, 0.15) is 19.8 Å². The molecule has 1 amide bonds. The average Bonchev–Trinajstić information content (AvgIpc) is 2.60. The third-order valence-electron chi connectivity index (χ3n) is 2.44. The number of aliphatic hydroxyl groups excluding tert-OH is 1. The molecule has 1 fully saturated rings. The third kappa shape index (κ3) is 3.10. The Morgan fingerprint density at radius 1 is 1.67 bits per heavy atom. The molecule has 1 rings (SSSR count). The SMILES string of the molecule is CCCCOC(=O)N1CC(O)C(C#N)C1. The molecule has 0 aromatic rings. The molecule has 0 bridgehead atoms. The number of aliphatic hydroxyl groups is 1. The first kappa shape index (κ1) is 11.8.